The van der Waals surface area contributed by atoms with Crippen LogP contribution in [-0.2, 0) is 4.79 Å². The van der Waals surface area contributed by atoms with E-state index < -0.39 is 0 Å². The van der Waals surface area contributed by atoms with Crippen molar-refractivity contribution in [3.8, 4) is 0 Å². The van der Waals surface area contributed by atoms with E-state index in [0.29, 0.717) is 6.04 Å². The lowest BCUT2D eigenvalue weighted by Crippen LogP contribution is -2.42. The number of fused-ring (bicyclic) bond motifs is 1. The Kier molecular flexibility index (Phi) is 5.35. The molecule has 0 aromatic heterocycles. The number of para-hydroxylation sites is 1. The van der Waals surface area contributed by atoms with Gasteiger partial charge < -0.3 is 10.2 Å². The van der Waals surface area contributed by atoms with Crippen LogP contribution in [0.2, 0.25) is 0 Å². The van der Waals surface area contributed by atoms with Crippen molar-refractivity contribution in [3.05, 3.63) is 29.8 Å². The lowest BCUT2D eigenvalue weighted by atomic mass is 9.89. The summed E-state index contributed by atoms with van der Waals surface area (Å²) in [6, 6.07) is 8.51. The molecule has 1 N–H and O–H groups in total. The number of thioether (sulfide) groups is 1. The molecule has 1 amide bonds. The molecule has 2 unspecified atom stereocenters. The van der Waals surface area contributed by atoms with Crippen LogP contribution in [-0.4, -0.2) is 42.4 Å². The van der Waals surface area contributed by atoms with Crippen molar-refractivity contribution < 1.29 is 4.79 Å². The summed E-state index contributed by atoms with van der Waals surface area (Å²) in [6.07, 6.45) is 3.99. The van der Waals surface area contributed by atoms with E-state index >= 15 is 0 Å². The molecule has 1 aromatic rings. The first-order valence-corrected chi connectivity index (χ1v) is 8.66. The van der Waals surface area contributed by atoms with Gasteiger partial charge in [-0.05, 0) is 30.7 Å². The van der Waals surface area contributed by atoms with Gasteiger partial charge in [0.15, 0.2) is 0 Å². The van der Waals surface area contributed by atoms with E-state index in [0.717, 1.165) is 36.4 Å². The zero-order valence-electron chi connectivity index (χ0n) is 12.6. The van der Waals surface area contributed by atoms with Gasteiger partial charge in [0, 0.05) is 31.1 Å². The molecule has 110 valence electrons. The number of nitrogens with zero attached hydrogens (tertiary/aromatic N) is 1. The number of carbonyl (C=O) groups excluding carboxylic acids is 1. The van der Waals surface area contributed by atoms with Gasteiger partial charge in [0.05, 0.1) is 5.92 Å². The molecule has 0 bridgehead atoms. The van der Waals surface area contributed by atoms with Gasteiger partial charge in [-0.1, -0.05) is 25.1 Å². The zero-order valence-corrected chi connectivity index (χ0v) is 13.4. The van der Waals surface area contributed by atoms with Crippen molar-refractivity contribution in [2.75, 3.05) is 30.9 Å². The Balaban J connectivity index is 2.17. The summed E-state index contributed by atoms with van der Waals surface area (Å²) in [4.78, 5) is 14.8. The van der Waals surface area contributed by atoms with Gasteiger partial charge in [-0.25, -0.2) is 0 Å². The van der Waals surface area contributed by atoms with E-state index in [-0.39, 0.29) is 11.8 Å². The monoisotopic (exact) mass is 292 g/mol. The van der Waals surface area contributed by atoms with Crippen LogP contribution in [0.3, 0.4) is 0 Å². The van der Waals surface area contributed by atoms with E-state index in [1.54, 1.807) is 11.8 Å². The molecule has 3 nitrogen and oxygen atoms in total. The van der Waals surface area contributed by atoms with Crippen molar-refractivity contribution in [1.29, 1.82) is 0 Å². The quantitative estimate of drug-likeness (QED) is 0.904. The lowest BCUT2D eigenvalue weighted by molar-refractivity contribution is -0.133. The third kappa shape index (κ3) is 3.11. The van der Waals surface area contributed by atoms with Gasteiger partial charge in [-0.3, -0.25) is 4.79 Å². The summed E-state index contributed by atoms with van der Waals surface area (Å²) in [6.45, 7) is 3.03. The third-order valence-electron chi connectivity index (χ3n) is 4.11. The summed E-state index contributed by atoms with van der Waals surface area (Å²) < 4.78 is 0. The number of likely N-dealkylation sites (N-methyl/N-ethyl adjacent to an activating group) is 1. The first kappa shape index (κ1) is 15.2. The Bertz CT molecular complexity index is 464. The molecule has 0 aliphatic carbocycles. The van der Waals surface area contributed by atoms with E-state index in [1.807, 2.05) is 24.1 Å². The molecule has 0 saturated carbocycles. The number of amides is 1. The predicted molar refractivity (Wildman–Crippen MR) is 87.5 cm³/mol. The van der Waals surface area contributed by atoms with Gasteiger partial charge >= 0.3 is 0 Å². The minimum atomic E-state index is 0.00774. The van der Waals surface area contributed by atoms with Crippen molar-refractivity contribution in [1.82, 2.24) is 4.90 Å². The molecule has 1 aliphatic rings. The summed E-state index contributed by atoms with van der Waals surface area (Å²) in [5.74, 6) is 1.28. The Morgan fingerprint density at radius 1 is 1.50 bits per heavy atom. The second-order valence-electron chi connectivity index (χ2n) is 5.32. The van der Waals surface area contributed by atoms with Crippen LogP contribution in [0.5, 0.6) is 0 Å². The maximum absolute atomic E-state index is 12.8. The largest absolute Gasteiger partial charge is 0.385 e. The maximum atomic E-state index is 12.8. The first-order valence-electron chi connectivity index (χ1n) is 7.27. The van der Waals surface area contributed by atoms with Crippen molar-refractivity contribution in [2.45, 2.75) is 31.7 Å². The summed E-state index contributed by atoms with van der Waals surface area (Å²) in [5, 5.41) is 3.38. The molecule has 0 radical (unpaired) electrons. The highest BCUT2D eigenvalue weighted by Crippen LogP contribution is 2.33. The fraction of sp³-hybridized carbons (Fsp3) is 0.562. The smallest absolute Gasteiger partial charge is 0.230 e. The minimum Gasteiger partial charge on any atom is -0.385 e. The van der Waals surface area contributed by atoms with Gasteiger partial charge in [-0.15, -0.1) is 0 Å². The summed E-state index contributed by atoms with van der Waals surface area (Å²) in [7, 11) is 1.96. The lowest BCUT2D eigenvalue weighted by Gasteiger charge is -2.33. The molecule has 1 aromatic carbocycles. The summed E-state index contributed by atoms with van der Waals surface area (Å²) >= 11 is 1.81. The Morgan fingerprint density at radius 3 is 2.95 bits per heavy atom. The standard InChI is InChI=1S/C16H24N2OS/c1-4-12(11-20-3)18(2)16(19)14-9-10-17-15-8-6-5-7-13(14)15/h5-8,12,14,17H,4,9-11H2,1-3H3. The number of hydrogen-bond acceptors (Lipinski definition) is 3. The SMILES string of the molecule is CCC(CSC)N(C)C(=O)C1CCNc2ccccc21. The van der Waals surface area contributed by atoms with Crippen LogP contribution in [0.4, 0.5) is 5.69 Å². The molecule has 2 rings (SSSR count). The molecule has 0 fully saturated rings. The molecule has 0 spiro atoms. The highest BCUT2D eigenvalue weighted by Gasteiger charge is 2.30. The fourth-order valence-corrected chi connectivity index (χ4v) is 3.69. The molecule has 4 heteroatoms. The fourth-order valence-electron chi connectivity index (χ4n) is 2.85. The second-order valence-corrected chi connectivity index (χ2v) is 6.23. The third-order valence-corrected chi connectivity index (χ3v) is 4.83. The molecule has 1 heterocycles. The number of hydrogen-bond donors (Lipinski definition) is 1. The molecular weight excluding hydrogens is 268 g/mol. The Hall–Kier alpha value is -1.16. The van der Waals surface area contributed by atoms with Crippen LogP contribution in [0, 0.1) is 0 Å². The van der Waals surface area contributed by atoms with E-state index in [9.17, 15) is 4.79 Å². The van der Waals surface area contributed by atoms with Crippen LogP contribution in [0.25, 0.3) is 0 Å². The Morgan fingerprint density at radius 2 is 2.25 bits per heavy atom. The average molecular weight is 292 g/mol. The van der Waals surface area contributed by atoms with Crippen molar-refractivity contribution in [3.63, 3.8) is 0 Å². The number of benzene rings is 1. The second kappa shape index (κ2) is 7.02. The van der Waals surface area contributed by atoms with Gasteiger partial charge in [-0.2, -0.15) is 11.8 Å². The van der Waals surface area contributed by atoms with Crippen molar-refractivity contribution >= 4 is 23.4 Å². The van der Waals surface area contributed by atoms with Gasteiger partial charge in [0.25, 0.3) is 0 Å². The average Bonchev–Trinajstić information content (AvgIpc) is 2.50. The van der Waals surface area contributed by atoms with E-state index in [1.165, 1.54) is 0 Å². The number of nitrogens with one attached hydrogen (secondary N) is 1. The molecule has 1 aliphatic heterocycles. The molecule has 20 heavy (non-hydrogen) atoms. The van der Waals surface area contributed by atoms with Crippen LogP contribution >= 0.6 is 11.8 Å². The highest BCUT2D eigenvalue weighted by molar-refractivity contribution is 7.98. The number of anilines is 1. The van der Waals surface area contributed by atoms with E-state index in [2.05, 4.69) is 30.6 Å². The van der Waals surface area contributed by atoms with Crippen LogP contribution in [0.15, 0.2) is 24.3 Å². The molecular formula is C16H24N2OS. The molecule has 0 saturated heterocycles. The van der Waals surface area contributed by atoms with Gasteiger partial charge in [0.2, 0.25) is 5.91 Å². The maximum Gasteiger partial charge on any atom is 0.230 e. The highest BCUT2D eigenvalue weighted by atomic mass is 32.2. The normalized spacial score (nSPS) is 18.9. The summed E-state index contributed by atoms with van der Waals surface area (Å²) in [5.41, 5.74) is 2.26. The topological polar surface area (TPSA) is 32.3 Å². The van der Waals surface area contributed by atoms with Crippen LogP contribution in [0.1, 0.15) is 31.2 Å². The predicted octanol–water partition coefficient (Wildman–Crippen LogP) is 3.19. The van der Waals surface area contributed by atoms with E-state index in [4.69, 9.17) is 0 Å². The van der Waals surface area contributed by atoms with Crippen LogP contribution < -0.4 is 5.32 Å². The number of carbonyl (C=O) groups is 1. The van der Waals surface area contributed by atoms with Gasteiger partial charge in [0.1, 0.15) is 0 Å². The van der Waals surface area contributed by atoms with Crippen molar-refractivity contribution in [2.24, 2.45) is 0 Å². The molecule has 2 atom stereocenters. The number of rotatable bonds is 5. The zero-order chi connectivity index (χ0) is 14.5. The Labute approximate surface area is 126 Å². The first-order chi connectivity index (χ1) is 9.69. The minimum absolute atomic E-state index is 0.00774.